The molecule has 0 radical (unpaired) electrons. The van der Waals surface area contributed by atoms with E-state index in [2.05, 4.69) is 25.6 Å². The second-order valence-electron chi connectivity index (χ2n) is 4.55. The van der Waals surface area contributed by atoms with Crippen molar-refractivity contribution in [3.8, 4) is 0 Å². The first-order chi connectivity index (χ1) is 8.38. The standard InChI is InChI=1S/C11H16BrN3O2S/c1-15-5-4-8(7-15)14-18(16,17)9-2-3-10(12)11(13)6-9/h2-3,6,8,14H,4-5,7,13H2,1H3. The molecule has 1 atom stereocenters. The Hall–Kier alpha value is -0.630. The molecule has 5 nitrogen and oxygen atoms in total. The molecule has 0 amide bonds. The highest BCUT2D eigenvalue weighted by molar-refractivity contribution is 9.10. The van der Waals surface area contributed by atoms with E-state index in [-0.39, 0.29) is 10.9 Å². The molecular weight excluding hydrogens is 318 g/mol. The molecule has 0 saturated carbocycles. The largest absolute Gasteiger partial charge is 0.398 e. The maximum atomic E-state index is 12.2. The summed E-state index contributed by atoms with van der Waals surface area (Å²) in [6.07, 6.45) is 0.835. The van der Waals surface area contributed by atoms with Crippen LogP contribution in [0.4, 0.5) is 5.69 Å². The molecule has 1 fully saturated rings. The predicted octanol–water partition coefficient (Wildman–Crippen LogP) is 1.01. The molecule has 0 bridgehead atoms. The zero-order valence-corrected chi connectivity index (χ0v) is 12.5. The molecule has 1 aromatic carbocycles. The summed E-state index contributed by atoms with van der Waals surface area (Å²) in [5, 5.41) is 0. The van der Waals surface area contributed by atoms with Crippen molar-refractivity contribution < 1.29 is 8.42 Å². The van der Waals surface area contributed by atoms with Crippen molar-refractivity contribution in [2.24, 2.45) is 0 Å². The van der Waals surface area contributed by atoms with Crippen LogP contribution in [0, 0.1) is 0 Å². The van der Waals surface area contributed by atoms with E-state index in [0.29, 0.717) is 10.2 Å². The van der Waals surface area contributed by atoms with E-state index >= 15 is 0 Å². The van der Waals surface area contributed by atoms with Crippen LogP contribution >= 0.6 is 15.9 Å². The van der Waals surface area contributed by atoms with Gasteiger partial charge < -0.3 is 10.6 Å². The molecule has 0 aliphatic carbocycles. The van der Waals surface area contributed by atoms with Crippen LogP contribution in [-0.4, -0.2) is 39.5 Å². The van der Waals surface area contributed by atoms with Crippen molar-refractivity contribution in [3.63, 3.8) is 0 Å². The van der Waals surface area contributed by atoms with Gasteiger partial charge in [0.25, 0.3) is 0 Å². The van der Waals surface area contributed by atoms with Crippen molar-refractivity contribution in [1.29, 1.82) is 0 Å². The molecule has 2 rings (SSSR count). The summed E-state index contributed by atoms with van der Waals surface area (Å²) in [6.45, 7) is 1.65. The van der Waals surface area contributed by atoms with Gasteiger partial charge in [-0.05, 0) is 54.1 Å². The SMILES string of the molecule is CN1CCC(NS(=O)(=O)c2ccc(Br)c(N)c2)C1. The van der Waals surface area contributed by atoms with Crippen molar-refractivity contribution in [2.75, 3.05) is 25.9 Å². The van der Waals surface area contributed by atoms with Gasteiger partial charge in [-0.2, -0.15) is 0 Å². The third-order valence-electron chi connectivity index (χ3n) is 2.99. The molecule has 1 unspecified atom stereocenters. The highest BCUT2D eigenvalue weighted by Crippen LogP contribution is 2.23. The highest BCUT2D eigenvalue weighted by Gasteiger charge is 2.25. The van der Waals surface area contributed by atoms with Crippen molar-refractivity contribution in [1.82, 2.24) is 9.62 Å². The number of nitrogens with one attached hydrogen (secondary N) is 1. The molecule has 3 N–H and O–H groups in total. The Bertz CT molecular complexity index is 547. The summed E-state index contributed by atoms with van der Waals surface area (Å²) in [7, 11) is -1.51. The number of likely N-dealkylation sites (tertiary alicyclic amines) is 1. The molecular formula is C11H16BrN3O2S. The fraction of sp³-hybridized carbons (Fsp3) is 0.455. The number of rotatable bonds is 3. The second-order valence-corrected chi connectivity index (χ2v) is 7.12. The van der Waals surface area contributed by atoms with Crippen LogP contribution in [0.2, 0.25) is 0 Å². The van der Waals surface area contributed by atoms with Crippen LogP contribution in [0.25, 0.3) is 0 Å². The van der Waals surface area contributed by atoms with Crippen LogP contribution < -0.4 is 10.5 Å². The van der Waals surface area contributed by atoms with E-state index in [1.54, 1.807) is 12.1 Å². The lowest BCUT2D eigenvalue weighted by Crippen LogP contribution is -2.36. The van der Waals surface area contributed by atoms with Gasteiger partial charge in [0, 0.05) is 22.7 Å². The number of hydrogen-bond donors (Lipinski definition) is 2. The lowest BCUT2D eigenvalue weighted by Gasteiger charge is -2.13. The molecule has 18 heavy (non-hydrogen) atoms. The Balaban J connectivity index is 2.17. The smallest absolute Gasteiger partial charge is 0.240 e. The van der Waals surface area contributed by atoms with E-state index in [9.17, 15) is 8.42 Å². The van der Waals surface area contributed by atoms with Crippen LogP contribution in [0.3, 0.4) is 0 Å². The van der Waals surface area contributed by atoms with Crippen LogP contribution in [-0.2, 0) is 10.0 Å². The third-order valence-corrected chi connectivity index (χ3v) is 5.23. The number of halogens is 1. The number of sulfonamides is 1. The minimum absolute atomic E-state index is 0.0233. The van der Waals surface area contributed by atoms with E-state index in [4.69, 9.17) is 5.73 Å². The quantitative estimate of drug-likeness (QED) is 0.809. The fourth-order valence-electron chi connectivity index (χ4n) is 2.01. The molecule has 1 saturated heterocycles. The van der Waals surface area contributed by atoms with Crippen molar-refractivity contribution in [3.05, 3.63) is 22.7 Å². The first kappa shape index (κ1) is 13.8. The van der Waals surface area contributed by atoms with Crippen molar-refractivity contribution in [2.45, 2.75) is 17.4 Å². The number of nitrogens with zero attached hydrogens (tertiary/aromatic N) is 1. The van der Waals surface area contributed by atoms with E-state index in [1.807, 2.05) is 7.05 Å². The molecule has 1 aromatic rings. The van der Waals surface area contributed by atoms with Gasteiger partial charge in [-0.1, -0.05) is 0 Å². The van der Waals surface area contributed by atoms with E-state index in [0.717, 1.165) is 19.5 Å². The topological polar surface area (TPSA) is 75.4 Å². The summed E-state index contributed by atoms with van der Waals surface area (Å²) in [4.78, 5) is 2.31. The van der Waals surface area contributed by atoms with Crippen LogP contribution in [0.1, 0.15) is 6.42 Å². The van der Waals surface area contributed by atoms with Crippen LogP contribution in [0.5, 0.6) is 0 Å². The minimum atomic E-state index is -3.48. The molecule has 1 heterocycles. The minimum Gasteiger partial charge on any atom is -0.398 e. The summed E-state index contributed by atoms with van der Waals surface area (Å²) in [6, 6.07) is 4.63. The number of anilines is 1. The van der Waals surface area contributed by atoms with Crippen molar-refractivity contribution >= 4 is 31.6 Å². The van der Waals surface area contributed by atoms with Gasteiger partial charge in [-0.15, -0.1) is 0 Å². The summed E-state index contributed by atoms with van der Waals surface area (Å²) in [5.41, 5.74) is 6.12. The second kappa shape index (κ2) is 5.16. The molecule has 1 aliphatic heterocycles. The van der Waals surface area contributed by atoms with Crippen LogP contribution in [0.15, 0.2) is 27.6 Å². The average Bonchev–Trinajstić information content (AvgIpc) is 2.67. The Morgan fingerprint density at radius 1 is 1.50 bits per heavy atom. The zero-order valence-electron chi connectivity index (χ0n) is 10.1. The Kier molecular flexibility index (Phi) is 3.96. The van der Waals surface area contributed by atoms with Gasteiger partial charge in [-0.25, -0.2) is 13.1 Å². The van der Waals surface area contributed by atoms with Gasteiger partial charge >= 0.3 is 0 Å². The molecule has 0 aromatic heterocycles. The summed E-state index contributed by atoms with van der Waals surface area (Å²) >= 11 is 3.25. The summed E-state index contributed by atoms with van der Waals surface area (Å²) < 4.78 is 27.7. The number of nitrogens with two attached hydrogens (primary N) is 1. The fourth-order valence-corrected chi connectivity index (χ4v) is 3.55. The average molecular weight is 334 g/mol. The molecule has 100 valence electrons. The van der Waals surface area contributed by atoms with Gasteiger partial charge in [-0.3, -0.25) is 0 Å². The Morgan fingerprint density at radius 3 is 2.78 bits per heavy atom. The first-order valence-electron chi connectivity index (χ1n) is 5.64. The van der Waals surface area contributed by atoms with E-state index in [1.165, 1.54) is 6.07 Å². The Labute approximate surface area is 116 Å². The van der Waals surface area contributed by atoms with Gasteiger partial charge in [0.2, 0.25) is 10.0 Å². The zero-order chi connectivity index (χ0) is 13.3. The lowest BCUT2D eigenvalue weighted by molar-refractivity contribution is 0.407. The lowest BCUT2D eigenvalue weighted by atomic mass is 10.3. The predicted molar refractivity (Wildman–Crippen MR) is 74.8 cm³/mol. The number of nitrogen functional groups attached to an aromatic ring is 1. The summed E-state index contributed by atoms with van der Waals surface area (Å²) in [5.74, 6) is 0. The molecule has 0 spiro atoms. The van der Waals surface area contributed by atoms with Gasteiger partial charge in [0.1, 0.15) is 0 Å². The first-order valence-corrected chi connectivity index (χ1v) is 7.92. The normalized spacial score (nSPS) is 21.3. The number of hydrogen-bond acceptors (Lipinski definition) is 4. The third kappa shape index (κ3) is 3.03. The van der Waals surface area contributed by atoms with Gasteiger partial charge in [0.15, 0.2) is 0 Å². The maximum Gasteiger partial charge on any atom is 0.240 e. The van der Waals surface area contributed by atoms with Gasteiger partial charge in [0.05, 0.1) is 4.90 Å². The number of likely N-dealkylation sites (N-methyl/N-ethyl adjacent to an activating group) is 1. The molecule has 7 heteroatoms. The number of benzene rings is 1. The monoisotopic (exact) mass is 333 g/mol. The molecule has 1 aliphatic rings. The Morgan fingerprint density at radius 2 is 2.22 bits per heavy atom. The maximum absolute atomic E-state index is 12.2. The highest BCUT2D eigenvalue weighted by atomic mass is 79.9. The van der Waals surface area contributed by atoms with E-state index < -0.39 is 10.0 Å².